The number of aryl methyl sites for hydroxylation is 1. The molecule has 0 saturated carbocycles. The minimum Gasteiger partial charge on any atom is -0.0651 e. The third-order valence-corrected chi connectivity index (χ3v) is 1.16. The van der Waals surface area contributed by atoms with E-state index in [9.17, 15) is 0 Å². The predicted octanol–water partition coefficient (Wildman–Crippen LogP) is 2.64. The Labute approximate surface area is 59.3 Å². The lowest BCUT2D eigenvalue weighted by Gasteiger charge is -1.93. The second-order valence-electron chi connectivity index (χ2n) is 1.91. The highest BCUT2D eigenvalue weighted by atomic mass is 13.9. The molecule has 0 heterocycles. The van der Waals surface area contributed by atoms with Crippen LogP contribution in [-0.4, -0.2) is 0 Å². The van der Waals surface area contributed by atoms with Crippen LogP contribution in [0.4, 0.5) is 0 Å². The van der Waals surface area contributed by atoms with Crippen LogP contribution in [0.25, 0.3) is 0 Å². The van der Waals surface area contributed by atoms with Gasteiger partial charge in [-0.05, 0) is 12.0 Å². The van der Waals surface area contributed by atoms with Crippen molar-refractivity contribution >= 4 is 0 Å². The van der Waals surface area contributed by atoms with E-state index in [4.69, 9.17) is 2.74 Å². The van der Waals surface area contributed by atoms with Crippen LogP contribution in [0.3, 0.4) is 0 Å². The van der Waals surface area contributed by atoms with E-state index >= 15 is 0 Å². The van der Waals surface area contributed by atoms with Gasteiger partial charge in [0.25, 0.3) is 0 Å². The largest absolute Gasteiger partial charge is 0.0651 e. The number of hydrogen-bond acceptors (Lipinski definition) is 0. The van der Waals surface area contributed by atoms with Gasteiger partial charge >= 0.3 is 0 Å². The maximum Gasteiger partial charge on any atom is 0.0316 e. The molecule has 1 aromatic carbocycles. The molecule has 9 heavy (non-hydrogen) atoms. The van der Waals surface area contributed by atoms with Gasteiger partial charge in [-0.2, -0.15) is 0 Å². The van der Waals surface area contributed by atoms with E-state index in [0.717, 1.165) is 5.56 Å². The Bertz CT molecular complexity index is 206. The molecule has 0 aliphatic rings. The zero-order valence-corrected chi connectivity index (χ0v) is 5.54. The maximum absolute atomic E-state index is 7.58. The Hall–Kier alpha value is -0.780. The van der Waals surface area contributed by atoms with Gasteiger partial charge in [-0.25, -0.2) is 0 Å². The summed E-state index contributed by atoms with van der Waals surface area (Å²) < 4.78 is 14.9. The molecule has 0 heteroatoms. The molecule has 0 aromatic heterocycles. The van der Waals surface area contributed by atoms with Crippen molar-refractivity contribution < 1.29 is 2.74 Å². The fourth-order valence-electron chi connectivity index (χ4n) is 0.757. The van der Waals surface area contributed by atoms with Gasteiger partial charge in [0.2, 0.25) is 0 Å². The van der Waals surface area contributed by atoms with E-state index in [0.29, 0.717) is 0 Å². The van der Waals surface area contributed by atoms with E-state index in [1.165, 1.54) is 0 Å². The van der Waals surface area contributed by atoms with Gasteiger partial charge < -0.3 is 0 Å². The van der Waals surface area contributed by atoms with Gasteiger partial charge in [0.15, 0.2) is 0 Å². The lowest BCUT2D eigenvalue weighted by Crippen LogP contribution is -1.78. The van der Waals surface area contributed by atoms with Gasteiger partial charge in [0.05, 0.1) is 0 Å². The molecule has 1 aromatic rings. The van der Waals surface area contributed by atoms with Crippen LogP contribution in [0, 0.1) is 0 Å². The predicted molar refractivity (Wildman–Crippen MR) is 40.4 cm³/mol. The van der Waals surface area contributed by atoms with Crippen LogP contribution in [0.5, 0.6) is 0 Å². The topological polar surface area (TPSA) is 0 Å². The quantitative estimate of drug-likeness (QED) is 0.565. The van der Waals surface area contributed by atoms with Gasteiger partial charge in [0.1, 0.15) is 0 Å². The molecule has 0 nitrogen and oxygen atoms in total. The van der Waals surface area contributed by atoms with E-state index < -0.39 is 6.40 Å². The van der Waals surface area contributed by atoms with Crippen molar-refractivity contribution in [2.75, 3.05) is 0 Å². The summed E-state index contributed by atoms with van der Waals surface area (Å²) in [5.41, 5.74) is 0.926. The van der Waals surface area contributed by atoms with Crippen molar-refractivity contribution in [2.45, 2.75) is 19.7 Å². The first-order chi connectivity index (χ1) is 5.22. The molecular formula is C9H12. The molecule has 0 radical (unpaired) electrons. The molecule has 1 rings (SSSR count). The lowest BCUT2D eigenvalue weighted by atomic mass is 10.1. The first kappa shape index (κ1) is 4.10. The van der Waals surface area contributed by atoms with Crippen molar-refractivity contribution in [1.29, 1.82) is 0 Å². The Morgan fingerprint density at radius 1 is 1.33 bits per heavy atom. The van der Waals surface area contributed by atoms with Crippen molar-refractivity contribution in [3.8, 4) is 0 Å². The van der Waals surface area contributed by atoms with E-state index in [-0.39, 0.29) is 6.40 Å². The van der Waals surface area contributed by atoms with Crippen molar-refractivity contribution in [3.63, 3.8) is 0 Å². The molecule has 0 N–H and O–H groups in total. The number of benzene rings is 1. The number of rotatable bonds is 2. The fourth-order valence-corrected chi connectivity index (χ4v) is 0.757. The number of hydrogen-bond donors (Lipinski definition) is 0. The van der Waals surface area contributed by atoms with Gasteiger partial charge in [-0.3, -0.25) is 0 Å². The minimum atomic E-state index is -0.406. The molecule has 0 saturated heterocycles. The van der Waals surface area contributed by atoms with Crippen LogP contribution in [-0.2, 0) is 6.40 Å². The minimum absolute atomic E-state index is 0.350. The smallest absolute Gasteiger partial charge is 0.0316 e. The van der Waals surface area contributed by atoms with Gasteiger partial charge in [-0.15, -0.1) is 0 Å². The molecule has 0 aliphatic heterocycles. The standard InChI is InChI=1S/C9H12/c1-2-6-9-7-4-3-5-8-9/h3-5,7-8H,2,6H2,1H3/i2D,6D. The summed E-state index contributed by atoms with van der Waals surface area (Å²) in [6, 6.07) is 9.51. The highest BCUT2D eigenvalue weighted by Gasteiger charge is 1.84. The first-order valence-corrected chi connectivity index (χ1v) is 3.11. The zero-order chi connectivity index (χ0) is 8.27. The van der Waals surface area contributed by atoms with Gasteiger partial charge in [-0.1, -0.05) is 43.7 Å². The Kier molecular flexibility index (Phi) is 1.50. The third-order valence-electron chi connectivity index (χ3n) is 1.16. The Morgan fingerprint density at radius 2 is 2.00 bits per heavy atom. The summed E-state index contributed by atoms with van der Waals surface area (Å²) in [6.07, 6.45) is -0.756. The monoisotopic (exact) mass is 122 g/mol. The molecule has 2 unspecified atom stereocenters. The van der Waals surface area contributed by atoms with Crippen molar-refractivity contribution in [3.05, 3.63) is 35.9 Å². The van der Waals surface area contributed by atoms with Crippen molar-refractivity contribution in [1.82, 2.24) is 0 Å². The molecular weight excluding hydrogens is 108 g/mol. The second-order valence-corrected chi connectivity index (χ2v) is 1.91. The molecule has 0 spiro atoms. The van der Waals surface area contributed by atoms with Crippen LogP contribution >= 0.6 is 0 Å². The van der Waals surface area contributed by atoms with Gasteiger partial charge in [0, 0.05) is 2.74 Å². The normalized spacial score (nSPS) is 19.7. The molecule has 2 atom stereocenters. The molecule has 0 aliphatic carbocycles. The zero-order valence-electron chi connectivity index (χ0n) is 7.54. The summed E-state index contributed by atoms with van der Waals surface area (Å²) in [7, 11) is 0. The summed E-state index contributed by atoms with van der Waals surface area (Å²) in [4.78, 5) is 0. The first-order valence-electron chi connectivity index (χ1n) is 4.26. The molecule has 0 fully saturated rings. The highest BCUT2D eigenvalue weighted by Crippen LogP contribution is 2.00. The van der Waals surface area contributed by atoms with E-state index in [2.05, 4.69) is 0 Å². The SMILES string of the molecule is [2H]C(C)C([2H])c1ccccc1. The molecule has 0 amide bonds. The average molecular weight is 122 g/mol. The van der Waals surface area contributed by atoms with Crippen LogP contribution in [0.1, 0.15) is 21.6 Å². The van der Waals surface area contributed by atoms with Crippen LogP contribution < -0.4 is 0 Å². The maximum atomic E-state index is 7.58. The molecule has 48 valence electrons. The Morgan fingerprint density at radius 3 is 2.56 bits per heavy atom. The van der Waals surface area contributed by atoms with Crippen molar-refractivity contribution in [2.24, 2.45) is 0 Å². The lowest BCUT2D eigenvalue weighted by molar-refractivity contribution is 0.922. The fraction of sp³-hybridized carbons (Fsp3) is 0.333. The third kappa shape index (κ3) is 1.88. The molecule has 0 bridgehead atoms. The van der Waals surface area contributed by atoms with E-state index in [1.54, 1.807) is 6.92 Å². The second kappa shape index (κ2) is 3.29. The summed E-state index contributed by atoms with van der Waals surface area (Å²) in [5.74, 6) is 0. The van der Waals surface area contributed by atoms with E-state index in [1.807, 2.05) is 30.3 Å². The summed E-state index contributed by atoms with van der Waals surface area (Å²) >= 11 is 0. The average Bonchev–Trinajstić information content (AvgIpc) is 2.05. The summed E-state index contributed by atoms with van der Waals surface area (Å²) in [6.45, 7) is 1.74. The van der Waals surface area contributed by atoms with Crippen LogP contribution in [0.15, 0.2) is 30.3 Å². The Balaban J connectivity index is 2.77. The summed E-state index contributed by atoms with van der Waals surface area (Å²) in [5, 5.41) is 0. The van der Waals surface area contributed by atoms with Crippen LogP contribution in [0.2, 0.25) is 0 Å². The highest BCUT2D eigenvalue weighted by molar-refractivity contribution is 5.14.